The topological polar surface area (TPSA) is 109 Å². The second-order valence-corrected chi connectivity index (χ2v) is 6.20. The van der Waals surface area contributed by atoms with Gasteiger partial charge in [0.2, 0.25) is 11.3 Å². The quantitative estimate of drug-likeness (QED) is 0.611. The summed E-state index contributed by atoms with van der Waals surface area (Å²) < 4.78 is 1.26. The van der Waals surface area contributed by atoms with Crippen LogP contribution in [0.5, 0.6) is 5.75 Å². The maximum atomic E-state index is 13.0. The lowest BCUT2D eigenvalue weighted by Gasteiger charge is -2.21. The number of hydrogen-bond acceptors (Lipinski definition) is 4. The van der Waals surface area contributed by atoms with E-state index in [1.165, 1.54) is 4.57 Å². The molecule has 1 heterocycles. The van der Waals surface area contributed by atoms with Crippen molar-refractivity contribution in [1.29, 1.82) is 0 Å². The summed E-state index contributed by atoms with van der Waals surface area (Å²) in [6.45, 7) is 0. The Hall–Kier alpha value is -3.87. The lowest BCUT2D eigenvalue weighted by Crippen LogP contribution is -2.29. The van der Waals surface area contributed by atoms with Gasteiger partial charge in [0, 0.05) is 18.3 Å². The number of aromatic carboxylic acids is 1. The highest BCUT2D eigenvalue weighted by Gasteiger charge is 2.24. The second kappa shape index (κ2) is 8.22. The number of carbonyl (C=O) groups is 2. The first-order valence-electron chi connectivity index (χ1n) is 8.53. The summed E-state index contributed by atoms with van der Waals surface area (Å²) >= 11 is 0. The Morgan fingerprint density at radius 2 is 1.57 bits per heavy atom. The lowest BCUT2D eigenvalue weighted by atomic mass is 10.0. The molecule has 0 radical (unpaired) electrons. The van der Waals surface area contributed by atoms with Crippen molar-refractivity contribution in [3.8, 4) is 5.75 Å². The Kier molecular flexibility index (Phi) is 5.55. The fourth-order valence-corrected chi connectivity index (χ4v) is 2.83. The molecule has 0 bridgehead atoms. The molecule has 1 amide bonds. The van der Waals surface area contributed by atoms with Gasteiger partial charge in [-0.05, 0) is 17.7 Å². The molecule has 0 aliphatic heterocycles. The molecule has 0 aliphatic rings. The van der Waals surface area contributed by atoms with Crippen molar-refractivity contribution in [2.45, 2.75) is 12.5 Å². The molecule has 3 N–H and O–H groups in total. The number of nitrogens with zero attached hydrogens (tertiary/aromatic N) is 1. The zero-order valence-corrected chi connectivity index (χ0v) is 14.8. The van der Waals surface area contributed by atoms with Gasteiger partial charge in [-0.3, -0.25) is 9.59 Å². The number of carboxylic acids is 1. The van der Waals surface area contributed by atoms with Gasteiger partial charge >= 0.3 is 5.97 Å². The van der Waals surface area contributed by atoms with Crippen molar-refractivity contribution in [1.82, 2.24) is 4.57 Å². The maximum absolute atomic E-state index is 13.0. The van der Waals surface area contributed by atoms with Crippen molar-refractivity contribution >= 4 is 17.6 Å². The van der Waals surface area contributed by atoms with E-state index in [2.05, 4.69) is 5.32 Å². The molecule has 0 saturated heterocycles. The molecule has 7 heteroatoms. The average Bonchev–Trinajstić information content (AvgIpc) is 2.69. The highest BCUT2D eigenvalue weighted by atomic mass is 16.4. The van der Waals surface area contributed by atoms with Crippen LogP contribution in [-0.4, -0.2) is 26.7 Å². The standard InChI is InChI=1S/C21H18N2O5/c24-18-13-23(12-16(19(18)25)21(27)28)17(11-14-7-3-1-4-8-14)20(26)22-15-9-5-2-6-10-15/h1-10,12-13,17,24H,11H2,(H,22,26)(H,27,28)/t17-/m0/s1. The second-order valence-electron chi connectivity index (χ2n) is 6.20. The van der Waals surface area contributed by atoms with Crippen LogP contribution in [0.2, 0.25) is 0 Å². The van der Waals surface area contributed by atoms with Crippen LogP contribution in [0.4, 0.5) is 5.69 Å². The monoisotopic (exact) mass is 378 g/mol. The fraction of sp³-hybridized carbons (Fsp3) is 0.0952. The maximum Gasteiger partial charge on any atom is 0.341 e. The predicted octanol–water partition coefficient (Wildman–Crippen LogP) is 2.67. The summed E-state index contributed by atoms with van der Waals surface area (Å²) in [6, 6.07) is 17.1. The Bertz CT molecular complexity index is 1050. The van der Waals surface area contributed by atoms with Crippen molar-refractivity contribution < 1.29 is 19.8 Å². The number of benzene rings is 2. The van der Waals surface area contributed by atoms with Crippen LogP contribution >= 0.6 is 0 Å². The molecule has 3 aromatic rings. The summed E-state index contributed by atoms with van der Waals surface area (Å²) in [5.41, 5.74) is -0.184. The molecule has 3 rings (SSSR count). The highest BCUT2D eigenvalue weighted by Crippen LogP contribution is 2.19. The summed E-state index contributed by atoms with van der Waals surface area (Å²) in [5, 5.41) is 21.9. The number of carbonyl (C=O) groups excluding carboxylic acids is 1. The van der Waals surface area contributed by atoms with Crippen LogP contribution in [0.3, 0.4) is 0 Å². The summed E-state index contributed by atoms with van der Waals surface area (Å²) in [5.74, 6) is -2.61. The van der Waals surface area contributed by atoms with Crippen molar-refractivity contribution in [3.05, 3.63) is 94.4 Å². The molecular formula is C21H18N2O5. The van der Waals surface area contributed by atoms with Crippen molar-refractivity contribution in [2.75, 3.05) is 5.32 Å². The van der Waals surface area contributed by atoms with Crippen LogP contribution in [0, 0.1) is 0 Å². The number of rotatable bonds is 6. The largest absolute Gasteiger partial charge is 0.503 e. The molecule has 142 valence electrons. The molecule has 1 aromatic heterocycles. The molecule has 28 heavy (non-hydrogen) atoms. The highest BCUT2D eigenvalue weighted by molar-refractivity contribution is 5.94. The Morgan fingerprint density at radius 3 is 2.18 bits per heavy atom. The van der Waals surface area contributed by atoms with Crippen LogP contribution in [0.15, 0.2) is 77.9 Å². The lowest BCUT2D eigenvalue weighted by molar-refractivity contribution is -0.119. The Labute approximate surface area is 160 Å². The number of carboxylic acid groups (broad SMARTS) is 1. The van der Waals surface area contributed by atoms with E-state index in [0.717, 1.165) is 18.0 Å². The van der Waals surface area contributed by atoms with Crippen molar-refractivity contribution in [3.63, 3.8) is 0 Å². The molecule has 0 saturated carbocycles. The third-order valence-electron chi connectivity index (χ3n) is 4.23. The van der Waals surface area contributed by atoms with Gasteiger partial charge in [-0.1, -0.05) is 48.5 Å². The summed E-state index contributed by atoms with van der Waals surface area (Å²) in [6.07, 6.45) is 2.39. The number of aromatic nitrogens is 1. The summed E-state index contributed by atoms with van der Waals surface area (Å²) in [7, 11) is 0. The van der Waals surface area contributed by atoms with Crippen LogP contribution in [-0.2, 0) is 11.2 Å². The van der Waals surface area contributed by atoms with Crippen LogP contribution < -0.4 is 10.7 Å². The zero-order valence-electron chi connectivity index (χ0n) is 14.8. The first-order chi connectivity index (χ1) is 13.5. The number of aromatic hydroxyl groups is 1. The third kappa shape index (κ3) is 4.27. The van der Waals surface area contributed by atoms with Gasteiger partial charge < -0.3 is 20.1 Å². The van der Waals surface area contributed by atoms with Gasteiger partial charge in [0.15, 0.2) is 5.75 Å². The predicted molar refractivity (Wildman–Crippen MR) is 104 cm³/mol. The molecule has 0 spiro atoms. The fourth-order valence-electron chi connectivity index (χ4n) is 2.83. The normalized spacial score (nSPS) is 11.6. The van der Waals surface area contributed by atoms with E-state index in [9.17, 15) is 24.6 Å². The van der Waals surface area contributed by atoms with E-state index in [0.29, 0.717) is 5.69 Å². The van der Waals surface area contributed by atoms with Gasteiger partial charge in [0.1, 0.15) is 11.6 Å². The van der Waals surface area contributed by atoms with E-state index < -0.39 is 34.7 Å². The number of amides is 1. The van der Waals surface area contributed by atoms with Crippen LogP contribution in [0.1, 0.15) is 22.0 Å². The van der Waals surface area contributed by atoms with E-state index in [1.807, 2.05) is 36.4 Å². The minimum atomic E-state index is -1.48. The van der Waals surface area contributed by atoms with E-state index in [-0.39, 0.29) is 6.42 Å². The first kappa shape index (κ1) is 18.9. The van der Waals surface area contributed by atoms with E-state index in [4.69, 9.17) is 0 Å². The minimum absolute atomic E-state index is 0.237. The van der Waals surface area contributed by atoms with Crippen molar-refractivity contribution in [2.24, 2.45) is 0 Å². The van der Waals surface area contributed by atoms with Gasteiger partial charge in [0.05, 0.1) is 6.20 Å². The van der Waals surface area contributed by atoms with E-state index >= 15 is 0 Å². The average molecular weight is 378 g/mol. The van der Waals surface area contributed by atoms with Gasteiger partial charge in [-0.15, -0.1) is 0 Å². The molecule has 1 atom stereocenters. The SMILES string of the molecule is O=C(O)c1cn([C@@H](Cc2ccccc2)C(=O)Nc2ccccc2)cc(O)c1=O. The number of nitrogens with one attached hydrogen (secondary N) is 1. The molecule has 2 aromatic carbocycles. The number of para-hydroxylation sites is 1. The number of pyridine rings is 1. The third-order valence-corrected chi connectivity index (χ3v) is 4.23. The Balaban J connectivity index is 2.02. The smallest absolute Gasteiger partial charge is 0.341 e. The molecule has 0 unspecified atom stereocenters. The molecule has 7 nitrogen and oxygen atoms in total. The van der Waals surface area contributed by atoms with E-state index in [1.54, 1.807) is 24.3 Å². The molecule has 0 fully saturated rings. The molecule has 0 aliphatic carbocycles. The van der Waals surface area contributed by atoms with Crippen LogP contribution in [0.25, 0.3) is 0 Å². The van der Waals surface area contributed by atoms with Gasteiger partial charge in [0.25, 0.3) is 0 Å². The van der Waals surface area contributed by atoms with Gasteiger partial charge in [-0.2, -0.15) is 0 Å². The number of anilines is 1. The molecular weight excluding hydrogens is 360 g/mol. The first-order valence-corrected chi connectivity index (χ1v) is 8.53. The zero-order chi connectivity index (χ0) is 20.1. The summed E-state index contributed by atoms with van der Waals surface area (Å²) in [4.78, 5) is 36.2. The number of hydrogen-bond donors (Lipinski definition) is 3. The Morgan fingerprint density at radius 1 is 0.964 bits per heavy atom. The van der Waals surface area contributed by atoms with Gasteiger partial charge in [-0.25, -0.2) is 4.79 Å². The minimum Gasteiger partial charge on any atom is -0.503 e.